The second kappa shape index (κ2) is 6.55. The summed E-state index contributed by atoms with van der Waals surface area (Å²) in [5, 5.41) is 5.34. The van der Waals surface area contributed by atoms with E-state index in [9.17, 15) is 9.59 Å². The maximum atomic E-state index is 13.3. The van der Waals surface area contributed by atoms with Gasteiger partial charge in [0.25, 0.3) is 0 Å². The number of halogens is 1. The summed E-state index contributed by atoms with van der Waals surface area (Å²) in [7, 11) is 0. The van der Waals surface area contributed by atoms with Gasteiger partial charge in [-0.3, -0.25) is 9.59 Å². The average molecular weight is 452 g/mol. The van der Waals surface area contributed by atoms with Gasteiger partial charge in [-0.2, -0.15) is 0 Å². The maximum absolute atomic E-state index is 13.3. The van der Waals surface area contributed by atoms with E-state index in [4.69, 9.17) is 0 Å². The first-order valence-corrected chi connectivity index (χ1v) is 11.8. The van der Waals surface area contributed by atoms with E-state index in [0.29, 0.717) is 18.1 Å². The zero-order chi connectivity index (χ0) is 18.6. The van der Waals surface area contributed by atoms with Crippen LogP contribution >= 0.6 is 27.3 Å². The van der Waals surface area contributed by atoms with Gasteiger partial charge in [-0.15, -0.1) is 11.3 Å². The van der Waals surface area contributed by atoms with Gasteiger partial charge in [-0.1, -0.05) is 15.9 Å². The van der Waals surface area contributed by atoms with Gasteiger partial charge < -0.3 is 10.2 Å². The summed E-state index contributed by atoms with van der Waals surface area (Å²) in [6, 6.07) is -0.340. The lowest BCUT2D eigenvalue weighted by Crippen LogP contribution is -2.54. The van der Waals surface area contributed by atoms with Gasteiger partial charge in [0.2, 0.25) is 11.8 Å². The van der Waals surface area contributed by atoms with Crippen molar-refractivity contribution in [3.05, 3.63) is 11.6 Å². The van der Waals surface area contributed by atoms with E-state index in [2.05, 4.69) is 26.2 Å². The minimum absolute atomic E-state index is 0.0849. The standard InChI is InChI=1S/C20H26BrN3O2S/c21-20-9-13-6-14(10-20)8-19(7-13,12-20)11-16(25)24-4-1-2-15(24)17(26)23-18-22-3-5-27-18/h3,5,13-15H,1-2,4,6-12H2,(H,22,23,26). The van der Waals surface area contributed by atoms with Crippen LogP contribution in [-0.4, -0.2) is 38.6 Å². The second-order valence-corrected chi connectivity index (χ2v) is 11.9. The topological polar surface area (TPSA) is 62.3 Å². The van der Waals surface area contributed by atoms with E-state index in [-0.39, 0.29) is 27.6 Å². The normalized spacial score (nSPS) is 39.7. The highest BCUT2D eigenvalue weighted by Crippen LogP contribution is 2.65. The highest BCUT2D eigenvalue weighted by molar-refractivity contribution is 9.10. The van der Waals surface area contributed by atoms with Crippen LogP contribution in [0.3, 0.4) is 0 Å². The molecule has 6 rings (SSSR count). The molecule has 1 aromatic rings. The predicted octanol–water partition coefficient (Wildman–Crippen LogP) is 4.20. The molecule has 5 fully saturated rings. The van der Waals surface area contributed by atoms with Crippen LogP contribution in [-0.2, 0) is 9.59 Å². The lowest BCUT2D eigenvalue weighted by Gasteiger charge is -2.60. The first-order chi connectivity index (χ1) is 12.9. The van der Waals surface area contributed by atoms with Crippen molar-refractivity contribution in [2.24, 2.45) is 17.3 Å². The van der Waals surface area contributed by atoms with Crippen LogP contribution in [0.2, 0.25) is 0 Å². The van der Waals surface area contributed by atoms with Crippen LogP contribution in [0, 0.1) is 17.3 Å². The Labute approximate surface area is 172 Å². The number of likely N-dealkylation sites (tertiary alicyclic amines) is 1. The molecule has 7 heteroatoms. The number of aromatic nitrogens is 1. The molecule has 3 unspecified atom stereocenters. The minimum Gasteiger partial charge on any atom is -0.331 e. The van der Waals surface area contributed by atoms with Gasteiger partial charge in [0, 0.05) is 28.9 Å². The average Bonchev–Trinajstić information content (AvgIpc) is 3.23. The Kier molecular flexibility index (Phi) is 4.39. The van der Waals surface area contributed by atoms with Crippen molar-refractivity contribution in [3.8, 4) is 0 Å². The Morgan fingerprint density at radius 3 is 2.74 bits per heavy atom. The highest BCUT2D eigenvalue weighted by atomic mass is 79.9. The molecule has 1 saturated heterocycles. The molecular formula is C20H26BrN3O2S. The van der Waals surface area contributed by atoms with Crippen LogP contribution in [0.4, 0.5) is 5.13 Å². The maximum Gasteiger partial charge on any atom is 0.248 e. The number of alkyl halides is 1. The molecule has 1 N–H and O–H groups in total. The summed E-state index contributed by atoms with van der Waals surface area (Å²) in [6.45, 7) is 0.706. The fraction of sp³-hybridized carbons (Fsp3) is 0.750. The SMILES string of the molecule is O=C(Nc1nccs1)C1CCCN1C(=O)CC12CC3CC(CC(Br)(C3)C1)C2. The fourth-order valence-corrected chi connectivity index (χ4v) is 8.82. The van der Waals surface area contributed by atoms with Gasteiger partial charge in [-0.05, 0) is 68.6 Å². The number of carbonyl (C=O) groups excluding carboxylic acids is 2. The first-order valence-electron chi connectivity index (χ1n) is 10.1. The van der Waals surface area contributed by atoms with E-state index in [0.717, 1.165) is 31.1 Å². The van der Waals surface area contributed by atoms with Crippen molar-refractivity contribution >= 4 is 44.2 Å². The molecule has 1 aliphatic heterocycles. The lowest BCUT2D eigenvalue weighted by atomic mass is 9.48. The molecule has 4 saturated carbocycles. The van der Waals surface area contributed by atoms with Crippen molar-refractivity contribution in [1.29, 1.82) is 0 Å². The summed E-state index contributed by atoms with van der Waals surface area (Å²) in [5.41, 5.74) is 0.156. The predicted molar refractivity (Wildman–Crippen MR) is 109 cm³/mol. The lowest BCUT2D eigenvalue weighted by molar-refractivity contribution is -0.142. The molecular weight excluding hydrogens is 426 g/mol. The Morgan fingerprint density at radius 2 is 2.07 bits per heavy atom. The number of rotatable bonds is 4. The van der Waals surface area contributed by atoms with Crippen molar-refractivity contribution in [2.45, 2.75) is 68.2 Å². The van der Waals surface area contributed by atoms with Crippen molar-refractivity contribution in [2.75, 3.05) is 11.9 Å². The van der Waals surface area contributed by atoms with E-state index < -0.39 is 0 Å². The Hall–Kier alpha value is -0.950. The monoisotopic (exact) mass is 451 g/mol. The van der Waals surface area contributed by atoms with E-state index in [1.165, 1.54) is 43.4 Å². The molecule has 0 aromatic carbocycles. The number of nitrogens with zero attached hydrogens (tertiary/aromatic N) is 2. The summed E-state index contributed by atoms with van der Waals surface area (Å²) < 4.78 is 0.268. The van der Waals surface area contributed by atoms with Crippen LogP contribution in [0.1, 0.15) is 57.8 Å². The van der Waals surface area contributed by atoms with Gasteiger partial charge in [0.15, 0.2) is 5.13 Å². The number of nitrogens with one attached hydrogen (secondary N) is 1. The molecule has 146 valence electrons. The smallest absolute Gasteiger partial charge is 0.248 e. The summed E-state index contributed by atoms with van der Waals surface area (Å²) >= 11 is 5.45. The molecule has 5 aliphatic rings. The largest absolute Gasteiger partial charge is 0.331 e. The third-order valence-electron chi connectivity index (χ3n) is 7.18. The molecule has 2 amide bonds. The fourth-order valence-electron chi connectivity index (χ4n) is 6.78. The van der Waals surface area contributed by atoms with Gasteiger partial charge in [0.1, 0.15) is 6.04 Å². The zero-order valence-electron chi connectivity index (χ0n) is 15.5. The van der Waals surface area contributed by atoms with Crippen LogP contribution in [0.5, 0.6) is 0 Å². The Balaban J connectivity index is 1.28. The molecule has 0 radical (unpaired) electrons. The Bertz CT molecular complexity index is 738. The van der Waals surface area contributed by atoms with E-state index >= 15 is 0 Å². The zero-order valence-corrected chi connectivity index (χ0v) is 17.9. The van der Waals surface area contributed by atoms with Crippen molar-refractivity contribution < 1.29 is 9.59 Å². The molecule has 2 heterocycles. The third-order valence-corrected chi connectivity index (χ3v) is 8.79. The molecule has 3 atom stereocenters. The molecule has 27 heavy (non-hydrogen) atoms. The molecule has 0 spiro atoms. The highest BCUT2D eigenvalue weighted by Gasteiger charge is 2.57. The number of thiazole rings is 1. The van der Waals surface area contributed by atoms with Gasteiger partial charge >= 0.3 is 0 Å². The second-order valence-electron chi connectivity index (χ2n) is 9.36. The molecule has 5 nitrogen and oxygen atoms in total. The third kappa shape index (κ3) is 3.35. The number of hydrogen-bond donors (Lipinski definition) is 1. The summed E-state index contributed by atoms with van der Waals surface area (Å²) in [6.07, 6.45) is 11.4. The van der Waals surface area contributed by atoms with Crippen molar-refractivity contribution in [1.82, 2.24) is 9.88 Å². The number of amides is 2. The molecule has 4 aliphatic carbocycles. The van der Waals surface area contributed by atoms with Crippen molar-refractivity contribution in [3.63, 3.8) is 0 Å². The van der Waals surface area contributed by atoms with Gasteiger partial charge in [0.05, 0.1) is 0 Å². The minimum atomic E-state index is -0.340. The Morgan fingerprint density at radius 1 is 1.30 bits per heavy atom. The number of hydrogen-bond acceptors (Lipinski definition) is 4. The van der Waals surface area contributed by atoms with E-state index in [1.54, 1.807) is 6.20 Å². The van der Waals surface area contributed by atoms with E-state index in [1.807, 2.05) is 10.3 Å². The molecule has 1 aromatic heterocycles. The number of anilines is 1. The van der Waals surface area contributed by atoms with Gasteiger partial charge in [-0.25, -0.2) is 4.98 Å². The quantitative estimate of drug-likeness (QED) is 0.697. The van der Waals surface area contributed by atoms with Crippen LogP contribution < -0.4 is 5.32 Å². The summed E-state index contributed by atoms with van der Waals surface area (Å²) in [4.78, 5) is 31.9. The summed E-state index contributed by atoms with van der Waals surface area (Å²) in [5.74, 6) is 1.66. The number of carbonyl (C=O) groups is 2. The first kappa shape index (κ1) is 18.1. The molecule has 4 bridgehead atoms. The van der Waals surface area contributed by atoms with Crippen LogP contribution in [0.15, 0.2) is 11.6 Å². The van der Waals surface area contributed by atoms with Crippen LogP contribution in [0.25, 0.3) is 0 Å².